The summed E-state index contributed by atoms with van der Waals surface area (Å²) >= 11 is 0. The average molecular weight is 686 g/mol. The molecule has 1 heterocycles. The van der Waals surface area contributed by atoms with Gasteiger partial charge in [-0.25, -0.2) is 9.59 Å². The van der Waals surface area contributed by atoms with Gasteiger partial charge in [-0.2, -0.15) is 10.5 Å². The lowest BCUT2D eigenvalue weighted by Gasteiger charge is -2.06. The highest BCUT2D eigenvalue weighted by atomic mass is 16.2. The van der Waals surface area contributed by atoms with E-state index in [9.17, 15) is 9.59 Å². The number of urea groups is 2. The third-order valence-electron chi connectivity index (χ3n) is 7.95. The summed E-state index contributed by atoms with van der Waals surface area (Å²) in [5.41, 5.74) is 0. The third-order valence-corrected chi connectivity index (χ3v) is 7.95. The lowest BCUT2D eigenvalue weighted by molar-refractivity contribution is 0.239. The predicted molar refractivity (Wildman–Crippen MR) is 202 cm³/mol. The minimum absolute atomic E-state index is 0.0315. The Bertz CT molecular complexity index is 946. The van der Waals surface area contributed by atoms with Crippen molar-refractivity contribution in [2.75, 3.05) is 26.2 Å². The van der Waals surface area contributed by atoms with E-state index >= 15 is 0 Å². The van der Waals surface area contributed by atoms with Crippen LogP contribution in [0.4, 0.5) is 9.59 Å². The number of hydrogen-bond acceptors (Lipinski definition) is 6. The molecule has 0 saturated carbocycles. The molecular formula is C38H71N9O2. The molecule has 11 nitrogen and oxygen atoms in total. The maximum Gasteiger partial charge on any atom is 0.314 e. The molecule has 0 aliphatic carbocycles. The Kier molecular flexibility index (Phi) is 36.3. The highest BCUT2D eigenvalue weighted by Crippen LogP contribution is 2.08. The largest absolute Gasteiger partial charge is 0.338 e. The molecule has 0 fully saturated rings. The summed E-state index contributed by atoms with van der Waals surface area (Å²) in [6.45, 7) is 7.39. The number of unbranched alkanes of at least 4 members (excludes halogenated alkanes) is 17. The van der Waals surface area contributed by atoms with Crippen LogP contribution in [0.1, 0.15) is 167 Å². The van der Waals surface area contributed by atoms with Crippen LogP contribution >= 0.6 is 0 Å². The van der Waals surface area contributed by atoms with Gasteiger partial charge in [-0.1, -0.05) is 94.7 Å². The molecule has 0 spiro atoms. The minimum atomic E-state index is -0.0342. The first kappa shape index (κ1) is 45.6. The normalized spacial score (nSPS) is 10.9. The van der Waals surface area contributed by atoms with E-state index in [0.29, 0.717) is 6.42 Å². The van der Waals surface area contributed by atoms with Crippen LogP contribution in [0.15, 0.2) is 24.3 Å². The van der Waals surface area contributed by atoms with Crippen molar-refractivity contribution in [3.63, 3.8) is 0 Å². The van der Waals surface area contributed by atoms with E-state index in [1.54, 1.807) is 0 Å². The molecule has 1 rings (SSSR count). The zero-order valence-corrected chi connectivity index (χ0v) is 31.2. The first-order valence-electron chi connectivity index (χ1n) is 19.6. The third kappa shape index (κ3) is 37.3. The molecule has 0 radical (unpaired) electrons. The summed E-state index contributed by atoms with van der Waals surface area (Å²) in [5, 5.41) is 33.9. The summed E-state index contributed by atoms with van der Waals surface area (Å²) in [7, 11) is 0. The molecule has 0 aromatic carbocycles. The Hall–Kier alpha value is -3.42. The van der Waals surface area contributed by atoms with Crippen LogP contribution in [0.5, 0.6) is 0 Å². The molecule has 0 bridgehead atoms. The maximum absolute atomic E-state index is 11.5. The number of tetrazole rings is 1. The molecule has 0 atom stereocenters. The highest BCUT2D eigenvalue weighted by Gasteiger charge is 1.99. The molecule has 0 aliphatic rings. The molecular weight excluding hydrogens is 614 g/mol. The monoisotopic (exact) mass is 686 g/mol. The van der Waals surface area contributed by atoms with Crippen LogP contribution in [-0.2, 0) is 6.42 Å². The van der Waals surface area contributed by atoms with Crippen LogP contribution in [-0.4, -0.2) is 58.9 Å². The van der Waals surface area contributed by atoms with Gasteiger partial charge >= 0.3 is 12.1 Å². The molecule has 1 aromatic rings. The van der Waals surface area contributed by atoms with Gasteiger partial charge in [-0.05, 0) is 89.9 Å². The molecule has 11 heteroatoms. The quantitative estimate of drug-likeness (QED) is 0.0387. The van der Waals surface area contributed by atoms with E-state index in [1.165, 1.54) is 64.2 Å². The van der Waals surface area contributed by atoms with Crippen LogP contribution in [0.3, 0.4) is 0 Å². The van der Waals surface area contributed by atoms with Gasteiger partial charge < -0.3 is 21.3 Å². The zero-order chi connectivity index (χ0) is 35.7. The Morgan fingerprint density at radius 1 is 0.592 bits per heavy atom. The second-order valence-corrected chi connectivity index (χ2v) is 12.6. The van der Waals surface area contributed by atoms with E-state index < -0.39 is 0 Å². The van der Waals surface area contributed by atoms with Crippen molar-refractivity contribution >= 4 is 12.1 Å². The number of rotatable bonds is 31. The zero-order valence-electron chi connectivity index (χ0n) is 31.2. The fourth-order valence-corrected chi connectivity index (χ4v) is 4.94. The molecule has 0 aliphatic heterocycles. The summed E-state index contributed by atoms with van der Waals surface area (Å²) in [6.07, 6.45) is 35.8. The number of amides is 4. The summed E-state index contributed by atoms with van der Waals surface area (Å²) < 4.78 is 0. The SMILES string of the molecule is CCCCCNC(=O)NCCCC/C=C\CCCCCCC#N.CCCCCNC(=O)NCCCC/C=C\CCCCCCc1nn[nH]n1. The first-order valence-corrected chi connectivity index (χ1v) is 19.6. The van der Waals surface area contributed by atoms with Crippen LogP contribution in [0, 0.1) is 11.3 Å². The van der Waals surface area contributed by atoms with Gasteiger partial charge in [0.2, 0.25) is 0 Å². The number of hydrogen-bond donors (Lipinski definition) is 5. The number of aryl methyl sites for hydroxylation is 1. The van der Waals surface area contributed by atoms with E-state index in [-0.39, 0.29) is 12.1 Å². The molecule has 5 N–H and O–H groups in total. The first-order chi connectivity index (χ1) is 24.1. The number of nitrogens with zero attached hydrogens (tertiary/aromatic N) is 4. The van der Waals surface area contributed by atoms with Gasteiger partial charge in [0, 0.05) is 39.0 Å². The standard InChI is InChI=1S/C19H36N6O.C19H35N3O/c1-2-3-13-16-20-19(26)21-17-14-11-9-7-5-4-6-8-10-12-15-18-22-24-25-23-18;1-2-3-14-17-21-19(23)22-18-15-12-10-8-6-4-5-7-9-11-13-16-20/h5,7H,2-4,6,8-17H2,1H3,(H2,20,21,26)(H,22,23,24,25);6,8H,2-5,7,9-15,17-18H2,1H3,(H2,21,22,23)/b7-5-;8-6-. The van der Waals surface area contributed by atoms with Crippen molar-refractivity contribution in [1.82, 2.24) is 41.9 Å². The highest BCUT2D eigenvalue weighted by molar-refractivity contribution is 5.74. The summed E-state index contributed by atoms with van der Waals surface area (Å²) in [5.74, 6) is 0.813. The van der Waals surface area contributed by atoms with E-state index in [1.807, 2.05) is 0 Å². The Labute approximate surface area is 298 Å². The molecule has 49 heavy (non-hydrogen) atoms. The van der Waals surface area contributed by atoms with Gasteiger partial charge in [-0.3, -0.25) is 0 Å². The van der Waals surface area contributed by atoms with Crippen LogP contribution < -0.4 is 21.3 Å². The van der Waals surface area contributed by atoms with Crippen molar-refractivity contribution in [3.8, 4) is 6.07 Å². The Morgan fingerprint density at radius 2 is 1.00 bits per heavy atom. The van der Waals surface area contributed by atoms with Crippen molar-refractivity contribution in [2.45, 2.75) is 168 Å². The minimum Gasteiger partial charge on any atom is -0.338 e. The number of carbonyl (C=O) groups excluding carboxylic acids is 2. The molecule has 4 amide bonds. The van der Waals surface area contributed by atoms with Gasteiger partial charge in [-0.15, -0.1) is 10.2 Å². The summed E-state index contributed by atoms with van der Waals surface area (Å²) in [6, 6.07) is 2.12. The molecule has 0 saturated heterocycles. The van der Waals surface area contributed by atoms with Gasteiger partial charge in [0.25, 0.3) is 0 Å². The van der Waals surface area contributed by atoms with Crippen molar-refractivity contribution in [2.24, 2.45) is 0 Å². The molecule has 0 unspecified atom stereocenters. The van der Waals surface area contributed by atoms with E-state index in [0.717, 1.165) is 115 Å². The summed E-state index contributed by atoms with van der Waals surface area (Å²) in [4.78, 5) is 23.0. The number of aromatic amines is 1. The van der Waals surface area contributed by atoms with Crippen molar-refractivity contribution < 1.29 is 9.59 Å². The topological polar surface area (TPSA) is 161 Å². The number of nitriles is 1. The molecule has 1 aromatic heterocycles. The number of nitrogens with one attached hydrogen (secondary N) is 5. The van der Waals surface area contributed by atoms with Gasteiger partial charge in [0.05, 0.1) is 6.07 Å². The second-order valence-electron chi connectivity index (χ2n) is 12.6. The fourth-order valence-electron chi connectivity index (χ4n) is 4.94. The predicted octanol–water partition coefficient (Wildman–Crippen LogP) is 8.98. The van der Waals surface area contributed by atoms with Crippen LogP contribution in [0.25, 0.3) is 0 Å². The smallest absolute Gasteiger partial charge is 0.314 e. The number of H-pyrrole nitrogens is 1. The van der Waals surface area contributed by atoms with Crippen molar-refractivity contribution in [1.29, 1.82) is 5.26 Å². The van der Waals surface area contributed by atoms with Gasteiger partial charge in [0.15, 0.2) is 5.82 Å². The van der Waals surface area contributed by atoms with E-state index in [2.05, 4.69) is 86.1 Å². The Balaban J connectivity index is 0.000000949. The molecule has 280 valence electrons. The Morgan fingerprint density at radius 3 is 1.41 bits per heavy atom. The fraction of sp³-hybridized carbons (Fsp3) is 0.789. The van der Waals surface area contributed by atoms with Crippen LogP contribution in [0.2, 0.25) is 0 Å². The number of allylic oxidation sites excluding steroid dienone is 4. The van der Waals surface area contributed by atoms with Crippen molar-refractivity contribution in [3.05, 3.63) is 30.1 Å². The van der Waals surface area contributed by atoms with Gasteiger partial charge in [0.1, 0.15) is 0 Å². The number of aromatic nitrogens is 4. The lowest BCUT2D eigenvalue weighted by atomic mass is 10.1. The van der Waals surface area contributed by atoms with E-state index in [4.69, 9.17) is 5.26 Å². The second kappa shape index (κ2) is 39.0. The number of carbonyl (C=O) groups is 2. The lowest BCUT2D eigenvalue weighted by Crippen LogP contribution is -2.36. The average Bonchev–Trinajstić information content (AvgIpc) is 3.63. The maximum atomic E-state index is 11.5.